The molecule has 4 N–H and O–H groups in total. The van der Waals surface area contributed by atoms with Gasteiger partial charge >= 0.3 is 6.03 Å². The first-order chi connectivity index (χ1) is 13.4. The molecule has 7 nitrogen and oxygen atoms in total. The number of nitrogens with one attached hydrogen (secondary N) is 2. The van der Waals surface area contributed by atoms with Crippen molar-refractivity contribution in [2.45, 2.75) is 24.3 Å². The highest BCUT2D eigenvalue weighted by atomic mass is 32.2. The van der Waals surface area contributed by atoms with E-state index in [0.29, 0.717) is 22.9 Å². The summed E-state index contributed by atoms with van der Waals surface area (Å²) in [5.41, 5.74) is 6.65. The molecule has 0 heterocycles. The highest BCUT2D eigenvalue weighted by molar-refractivity contribution is 7.99. The van der Waals surface area contributed by atoms with Crippen LogP contribution in [0.5, 0.6) is 11.5 Å². The number of carbonyl (C=O) groups is 2. The number of anilines is 1. The Morgan fingerprint density at radius 3 is 2.57 bits per heavy atom. The lowest BCUT2D eigenvalue weighted by atomic mass is 10.1. The number of hydrogen-bond acceptors (Lipinski definition) is 5. The standard InChI is InChI=1S/C20H25N3O4S/c1-13(15-12-14(26-2)8-9-17(15)27-3)22-20(25)23-16-6-4-5-7-18(16)28-11-10-19(21)24/h4-9,12-13H,10-11H2,1-3H3,(H2,21,24)(H2,22,23,25). The second kappa shape index (κ2) is 10.5. The van der Waals surface area contributed by atoms with Crippen molar-refractivity contribution in [1.29, 1.82) is 0 Å². The molecule has 0 radical (unpaired) electrons. The van der Waals surface area contributed by atoms with Crippen LogP contribution in [0.4, 0.5) is 10.5 Å². The lowest BCUT2D eigenvalue weighted by Gasteiger charge is -2.19. The van der Waals surface area contributed by atoms with E-state index >= 15 is 0 Å². The van der Waals surface area contributed by atoms with Crippen LogP contribution in [0.1, 0.15) is 24.9 Å². The number of amides is 3. The van der Waals surface area contributed by atoms with Gasteiger partial charge in [-0.1, -0.05) is 12.1 Å². The zero-order chi connectivity index (χ0) is 20.5. The summed E-state index contributed by atoms with van der Waals surface area (Å²) in [5.74, 6) is 1.54. The Bertz CT molecular complexity index is 829. The Morgan fingerprint density at radius 2 is 1.89 bits per heavy atom. The average molecular weight is 404 g/mol. The van der Waals surface area contributed by atoms with E-state index in [4.69, 9.17) is 15.2 Å². The maximum atomic E-state index is 12.5. The van der Waals surface area contributed by atoms with Crippen LogP contribution in [0, 0.1) is 0 Å². The smallest absolute Gasteiger partial charge is 0.319 e. The van der Waals surface area contributed by atoms with Crippen LogP contribution < -0.4 is 25.8 Å². The summed E-state index contributed by atoms with van der Waals surface area (Å²) >= 11 is 1.46. The van der Waals surface area contributed by atoms with Gasteiger partial charge in [0.1, 0.15) is 11.5 Å². The monoisotopic (exact) mass is 403 g/mol. The van der Waals surface area contributed by atoms with Crippen molar-refractivity contribution in [3.63, 3.8) is 0 Å². The maximum Gasteiger partial charge on any atom is 0.319 e. The van der Waals surface area contributed by atoms with E-state index in [1.165, 1.54) is 11.8 Å². The number of urea groups is 1. The van der Waals surface area contributed by atoms with E-state index in [1.807, 2.05) is 37.3 Å². The predicted octanol–water partition coefficient (Wildman–Crippen LogP) is 3.55. The Morgan fingerprint density at radius 1 is 1.14 bits per heavy atom. The van der Waals surface area contributed by atoms with E-state index in [-0.39, 0.29) is 24.4 Å². The van der Waals surface area contributed by atoms with Crippen LogP contribution in [-0.4, -0.2) is 31.9 Å². The topological polar surface area (TPSA) is 103 Å². The minimum Gasteiger partial charge on any atom is -0.497 e. The summed E-state index contributed by atoms with van der Waals surface area (Å²) in [6.07, 6.45) is 0.276. The maximum absolute atomic E-state index is 12.5. The average Bonchev–Trinajstić information content (AvgIpc) is 2.68. The van der Waals surface area contributed by atoms with Crippen LogP contribution in [0.15, 0.2) is 47.4 Å². The van der Waals surface area contributed by atoms with Crippen molar-refractivity contribution >= 4 is 29.4 Å². The zero-order valence-electron chi connectivity index (χ0n) is 16.2. The number of ether oxygens (including phenoxy) is 2. The number of benzene rings is 2. The zero-order valence-corrected chi connectivity index (χ0v) is 17.0. The van der Waals surface area contributed by atoms with Crippen LogP contribution in [0.25, 0.3) is 0 Å². The summed E-state index contributed by atoms with van der Waals surface area (Å²) in [4.78, 5) is 24.3. The fraction of sp³-hybridized carbons (Fsp3) is 0.300. The van der Waals surface area contributed by atoms with Gasteiger partial charge in [0.2, 0.25) is 5.91 Å². The van der Waals surface area contributed by atoms with Gasteiger partial charge in [0, 0.05) is 22.6 Å². The Kier molecular flexibility index (Phi) is 8.01. The number of methoxy groups -OCH3 is 2. The van der Waals surface area contributed by atoms with Gasteiger partial charge in [-0.25, -0.2) is 4.79 Å². The molecule has 0 aromatic heterocycles. The first-order valence-electron chi connectivity index (χ1n) is 8.74. The van der Waals surface area contributed by atoms with Gasteiger partial charge in [-0.2, -0.15) is 0 Å². The van der Waals surface area contributed by atoms with Crippen molar-refractivity contribution < 1.29 is 19.1 Å². The predicted molar refractivity (Wildman–Crippen MR) is 111 cm³/mol. The first-order valence-corrected chi connectivity index (χ1v) is 9.72. The lowest BCUT2D eigenvalue weighted by Crippen LogP contribution is -2.31. The Hall–Kier alpha value is -2.87. The van der Waals surface area contributed by atoms with Crippen molar-refractivity contribution in [2.75, 3.05) is 25.3 Å². The summed E-state index contributed by atoms with van der Waals surface area (Å²) in [7, 11) is 3.17. The molecule has 2 rings (SSSR count). The molecule has 0 bridgehead atoms. The van der Waals surface area contributed by atoms with Crippen molar-refractivity contribution in [3.05, 3.63) is 48.0 Å². The van der Waals surface area contributed by atoms with Gasteiger partial charge in [0.25, 0.3) is 0 Å². The van der Waals surface area contributed by atoms with E-state index in [2.05, 4.69) is 10.6 Å². The largest absolute Gasteiger partial charge is 0.497 e. The molecular formula is C20H25N3O4S. The third-order valence-electron chi connectivity index (χ3n) is 3.99. The molecule has 3 amide bonds. The molecule has 1 unspecified atom stereocenters. The third-order valence-corrected chi connectivity index (χ3v) is 5.07. The van der Waals surface area contributed by atoms with Gasteiger partial charge in [0.15, 0.2) is 0 Å². The fourth-order valence-corrected chi connectivity index (χ4v) is 3.54. The number of nitrogens with two attached hydrogens (primary N) is 1. The molecule has 1 atom stereocenters. The number of primary amides is 1. The lowest BCUT2D eigenvalue weighted by molar-refractivity contribution is -0.117. The Balaban J connectivity index is 2.05. The molecule has 0 aliphatic heterocycles. The first kappa shape index (κ1) is 21.4. The molecular weight excluding hydrogens is 378 g/mol. The van der Waals surface area contributed by atoms with Crippen molar-refractivity contribution in [2.24, 2.45) is 5.73 Å². The highest BCUT2D eigenvalue weighted by Gasteiger charge is 2.16. The summed E-state index contributed by atoms with van der Waals surface area (Å²) < 4.78 is 10.6. The van der Waals surface area contributed by atoms with Crippen LogP contribution >= 0.6 is 11.8 Å². The van der Waals surface area contributed by atoms with Crippen molar-refractivity contribution in [1.82, 2.24) is 5.32 Å². The molecule has 8 heteroatoms. The third kappa shape index (κ3) is 6.09. The minimum atomic E-state index is -0.350. The number of hydrogen-bond donors (Lipinski definition) is 3. The van der Waals surface area contributed by atoms with Gasteiger partial charge in [-0.05, 0) is 37.3 Å². The van der Waals surface area contributed by atoms with E-state index in [0.717, 1.165) is 10.5 Å². The Labute approximate surface area is 169 Å². The number of carbonyl (C=O) groups excluding carboxylic acids is 2. The SMILES string of the molecule is COc1ccc(OC)c(C(C)NC(=O)Nc2ccccc2SCCC(N)=O)c1. The summed E-state index contributed by atoms with van der Waals surface area (Å²) in [6.45, 7) is 1.87. The second-order valence-electron chi connectivity index (χ2n) is 5.99. The molecule has 0 saturated heterocycles. The van der Waals surface area contributed by atoms with Gasteiger partial charge < -0.3 is 25.8 Å². The number of para-hydroxylation sites is 1. The van der Waals surface area contributed by atoms with Crippen LogP contribution in [-0.2, 0) is 4.79 Å². The number of thioether (sulfide) groups is 1. The molecule has 0 fully saturated rings. The molecule has 0 saturated carbocycles. The second-order valence-corrected chi connectivity index (χ2v) is 7.13. The molecule has 0 aliphatic rings. The van der Waals surface area contributed by atoms with E-state index in [9.17, 15) is 9.59 Å². The van der Waals surface area contributed by atoms with Gasteiger partial charge in [-0.15, -0.1) is 11.8 Å². The summed E-state index contributed by atoms with van der Waals surface area (Å²) in [6, 6.07) is 12.2. The summed E-state index contributed by atoms with van der Waals surface area (Å²) in [5, 5.41) is 5.76. The van der Waals surface area contributed by atoms with Gasteiger partial charge in [0.05, 0.1) is 25.9 Å². The van der Waals surface area contributed by atoms with Crippen molar-refractivity contribution in [3.8, 4) is 11.5 Å². The van der Waals surface area contributed by atoms with Crippen LogP contribution in [0.2, 0.25) is 0 Å². The molecule has 150 valence electrons. The van der Waals surface area contributed by atoms with Crippen LogP contribution in [0.3, 0.4) is 0 Å². The molecule has 0 spiro atoms. The normalized spacial score (nSPS) is 11.4. The molecule has 28 heavy (non-hydrogen) atoms. The molecule has 2 aromatic rings. The quantitative estimate of drug-likeness (QED) is 0.556. The number of rotatable bonds is 9. The van der Waals surface area contributed by atoms with E-state index in [1.54, 1.807) is 26.4 Å². The van der Waals surface area contributed by atoms with Gasteiger partial charge in [-0.3, -0.25) is 4.79 Å². The molecule has 0 aliphatic carbocycles. The highest BCUT2D eigenvalue weighted by Crippen LogP contribution is 2.30. The minimum absolute atomic E-state index is 0.276. The molecule has 2 aromatic carbocycles. The fourth-order valence-electron chi connectivity index (χ4n) is 2.57. The van der Waals surface area contributed by atoms with E-state index < -0.39 is 0 Å².